The average Bonchev–Trinajstić information content (AvgIpc) is 2.39. The lowest BCUT2D eigenvalue weighted by molar-refractivity contribution is -0.641. The average molecular weight is 261 g/mol. The van der Waals surface area contributed by atoms with E-state index in [4.69, 9.17) is 0 Å². The normalized spacial score (nSPS) is 10.4. The largest absolute Gasteiger partial charge is 0.594 e. The molecule has 7 nitrogen and oxygen atoms in total. The van der Waals surface area contributed by atoms with Gasteiger partial charge in [-0.05, 0) is 17.3 Å². The van der Waals surface area contributed by atoms with Crippen molar-refractivity contribution in [3.63, 3.8) is 0 Å². The Kier molecular flexibility index (Phi) is 4.07. The molecule has 0 aliphatic carbocycles. The molecule has 0 saturated heterocycles. The number of nitrogens with one attached hydrogen (secondary N) is 2. The molecule has 2 amide bonds. The molecule has 0 saturated carbocycles. The molecule has 100 valence electrons. The van der Waals surface area contributed by atoms with Gasteiger partial charge in [0.2, 0.25) is 0 Å². The van der Waals surface area contributed by atoms with Crippen molar-refractivity contribution in [3.8, 4) is 0 Å². The summed E-state index contributed by atoms with van der Waals surface area (Å²) in [7, 11) is 0. The van der Waals surface area contributed by atoms with Crippen LogP contribution in [-0.4, -0.2) is 22.7 Å². The predicted molar refractivity (Wildman–Crippen MR) is 70.4 cm³/mol. The van der Waals surface area contributed by atoms with E-state index in [0.717, 1.165) is 12.8 Å². The van der Waals surface area contributed by atoms with Crippen molar-refractivity contribution in [1.82, 2.24) is 15.4 Å². The van der Waals surface area contributed by atoms with Crippen molar-refractivity contribution >= 4 is 23.0 Å². The molecule has 0 radical (unpaired) electrons. The molecule has 2 rings (SSSR count). The van der Waals surface area contributed by atoms with E-state index in [2.05, 4.69) is 20.7 Å². The van der Waals surface area contributed by atoms with Gasteiger partial charge in [0.05, 0.1) is 5.10 Å². The summed E-state index contributed by atoms with van der Waals surface area (Å²) in [4.78, 5) is 16.1. The molecule has 0 aliphatic rings. The zero-order valence-electron chi connectivity index (χ0n) is 10.6. The number of rotatable bonds is 4. The molecule has 0 bridgehead atoms. The van der Waals surface area contributed by atoms with Crippen LogP contribution in [0.15, 0.2) is 24.3 Å². The highest BCUT2D eigenvalue weighted by atomic mass is 16.5. The minimum absolute atomic E-state index is 0.0114. The molecular formula is C12H15N5O2. The Morgan fingerprint density at radius 2 is 2.21 bits per heavy atom. The summed E-state index contributed by atoms with van der Waals surface area (Å²) in [6.45, 7) is 2.61. The number of amides is 2. The van der Waals surface area contributed by atoms with Crippen LogP contribution in [-0.2, 0) is 0 Å². The first-order valence-corrected chi connectivity index (χ1v) is 6.12. The second-order valence-electron chi connectivity index (χ2n) is 4.03. The van der Waals surface area contributed by atoms with Gasteiger partial charge in [-0.2, -0.15) is 0 Å². The van der Waals surface area contributed by atoms with Gasteiger partial charge in [0.15, 0.2) is 0 Å². The van der Waals surface area contributed by atoms with Gasteiger partial charge in [0, 0.05) is 12.6 Å². The van der Waals surface area contributed by atoms with Crippen LogP contribution in [0.4, 0.5) is 10.7 Å². The highest BCUT2D eigenvalue weighted by Gasteiger charge is 2.11. The van der Waals surface area contributed by atoms with Gasteiger partial charge in [0.25, 0.3) is 11.5 Å². The van der Waals surface area contributed by atoms with Crippen molar-refractivity contribution in [2.45, 2.75) is 19.8 Å². The van der Waals surface area contributed by atoms with Gasteiger partial charge in [-0.3, -0.25) is 5.32 Å². The van der Waals surface area contributed by atoms with E-state index in [1.54, 1.807) is 24.3 Å². The third kappa shape index (κ3) is 3.27. The molecule has 0 unspecified atom stereocenters. The van der Waals surface area contributed by atoms with Crippen LogP contribution in [0.25, 0.3) is 11.0 Å². The molecule has 7 heteroatoms. The topological polar surface area (TPSA) is 93.9 Å². The Bertz CT molecular complexity index is 587. The number of para-hydroxylation sites is 2. The fraction of sp³-hybridized carbons (Fsp3) is 0.333. The number of carbonyl (C=O) groups is 1. The van der Waals surface area contributed by atoms with Crippen molar-refractivity contribution in [2.75, 3.05) is 11.9 Å². The lowest BCUT2D eigenvalue weighted by Crippen LogP contribution is -2.36. The van der Waals surface area contributed by atoms with E-state index in [9.17, 15) is 10.0 Å². The number of hydrogen-bond acceptors (Lipinski definition) is 4. The van der Waals surface area contributed by atoms with Gasteiger partial charge in [-0.15, -0.1) is 0 Å². The Balaban J connectivity index is 2.11. The minimum Gasteiger partial charge on any atom is -0.594 e. The van der Waals surface area contributed by atoms with Crippen molar-refractivity contribution in [2.24, 2.45) is 0 Å². The zero-order chi connectivity index (χ0) is 13.7. The van der Waals surface area contributed by atoms with Crippen LogP contribution in [0, 0.1) is 5.21 Å². The molecule has 2 N–H and O–H groups in total. The van der Waals surface area contributed by atoms with Crippen molar-refractivity contribution < 1.29 is 9.64 Å². The second-order valence-corrected chi connectivity index (χ2v) is 4.03. The quantitative estimate of drug-likeness (QED) is 0.491. The SMILES string of the molecule is CCCCNC(=O)Nc1nc2ccccc2[n+]([O-])n1. The van der Waals surface area contributed by atoms with E-state index < -0.39 is 6.03 Å². The Hall–Kier alpha value is -2.44. The lowest BCUT2D eigenvalue weighted by atomic mass is 10.3. The first-order chi connectivity index (χ1) is 9.20. The number of fused-ring (bicyclic) bond motifs is 1. The molecule has 0 spiro atoms. The third-order valence-electron chi connectivity index (χ3n) is 2.54. The summed E-state index contributed by atoms with van der Waals surface area (Å²) in [5.41, 5.74) is 0.843. The summed E-state index contributed by atoms with van der Waals surface area (Å²) >= 11 is 0. The van der Waals surface area contributed by atoms with E-state index in [0.29, 0.717) is 22.4 Å². The monoisotopic (exact) mass is 261 g/mol. The maximum atomic E-state index is 11.6. The number of aromatic nitrogens is 3. The van der Waals surface area contributed by atoms with Crippen molar-refractivity contribution in [1.29, 1.82) is 0 Å². The van der Waals surface area contributed by atoms with Crippen molar-refractivity contribution in [3.05, 3.63) is 29.5 Å². The summed E-state index contributed by atoms with van der Waals surface area (Å²) in [6.07, 6.45) is 1.89. The molecule has 0 fully saturated rings. The van der Waals surface area contributed by atoms with E-state index in [1.165, 1.54) is 0 Å². The van der Waals surface area contributed by atoms with E-state index in [1.807, 2.05) is 6.92 Å². The predicted octanol–water partition coefficient (Wildman–Crippen LogP) is 1.18. The van der Waals surface area contributed by atoms with Gasteiger partial charge in [-0.25, -0.2) is 9.78 Å². The van der Waals surface area contributed by atoms with Gasteiger partial charge >= 0.3 is 6.03 Å². The number of anilines is 1. The fourth-order valence-corrected chi connectivity index (χ4v) is 1.57. The number of unbranched alkanes of at least 4 members (excludes halogenated alkanes) is 1. The first kappa shape index (κ1) is 13.0. The minimum atomic E-state index is -0.413. The number of benzene rings is 1. The Labute approximate surface area is 110 Å². The van der Waals surface area contributed by atoms with Crippen LogP contribution >= 0.6 is 0 Å². The third-order valence-corrected chi connectivity index (χ3v) is 2.54. The summed E-state index contributed by atoms with van der Waals surface area (Å²) in [5.74, 6) is -0.0114. The summed E-state index contributed by atoms with van der Waals surface area (Å²) in [5, 5.41) is 20.4. The zero-order valence-corrected chi connectivity index (χ0v) is 10.6. The molecule has 0 aliphatic heterocycles. The standard InChI is InChI=1S/C12H15N5O2/c1-2-3-8-13-12(18)15-11-14-9-6-4-5-7-10(9)17(19)16-11/h4-7H,2-3,8H2,1H3,(H2,13,14,15,16,18). The molecular weight excluding hydrogens is 246 g/mol. The van der Waals surface area contributed by atoms with Gasteiger partial charge in [0.1, 0.15) is 5.52 Å². The second kappa shape index (κ2) is 5.94. The van der Waals surface area contributed by atoms with Crippen LogP contribution < -0.4 is 15.5 Å². The van der Waals surface area contributed by atoms with Crippen LogP contribution in [0.2, 0.25) is 0 Å². The molecule has 1 aromatic carbocycles. The molecule has 1 aromatic heterocycles. The molecule has 2 aromatic rings. The maximum absolute atomic E-state index is 11.6. The van der Waals surface area contributed by atoms with Crippen LogP contribution in [0.3, 0.4) is 0 Å². The number of urea groups is 1. The Morgan fingerprint density at radius 3 is 3.00 bits per heavy atom. The Morgan fingerprint density at radius 1 is 1.42 bits per heavy atom. The molecule has 0 atom stereocenters. The molecule has 1 heterocycles. The van der Waals surface area contributed by atoms with Gasteiger partial charge in [-0.1, -0.05) is 25.5 Å². The summed E-state index contributed by atoms with van der Waals surface area (Å²) in [6, 6.07) is 6.38. The fourth-order valence-electron chi connectivity index (χ4n) is 1.57. The maximum Gasteiger partial charge on any atom is 0.321 e. The summed E-state index contributed by atoms with van der Waals surface area (Å²) < 4.78 is 0. The molecule has 19 heavy (non-hydrogen) atoms. The first-order valence-electron chi connectivity index (χ1n) is 6.12. The lowest BCUT2D eigenvalue weighted by Gasteiger charge is -2.05. The smallest absolute Gasteiger partial charge is 0.321 e. The van der Waals surface area contributed by atoms with Crippen LogP contribution in [0.5, 0.6) is 0 Å². The number of nitrogens with zero attached hydrogens (tertiary/aromatic N) is 3. The highest BCUT2D eigenvalue weighted by Crippen LogP contribution is 2.07. The van der Waals surface area contributed by atoms with Gasteiger partial charge < -0.3 is 10.5 Å². The highest BCUT2D eigenvalue weighted by molar-refractivity contribution is 5.87. The number of carbonyl (C=O) groups excluding carboxylic acids is 1. The number of hydrogen-bond donors (Lipinski definition) is 2. The van der Waals surface area contributed by atoms with E-state index >= 15 is 0 Å². The van der Waals surface area contributed by atoms with Crippen LogP contribution in [0.1, 0.15) is 19.8 Å². The van der Waals surface area contributed by atoms with E-state index in [-0.39, 0.29) is 5.95 Å².